The fourth-order valence-electron chi connectivity index (χ4n) is 2.81. The molecule has 1 fully saturated rings. The Labute approximate surface area is 125 Å². The molecule has 0 amide bonds. The molecule has 1 aromatic carbocycles. The van der Waals surface area contributed by atoms with Crippen molar-refractivity contribution in [1.29, 1.82) is 0 Å². The number of likely N-dealkylation sites (tertiary alicyclic amines) is 1. The molecule has 0 spiro atoms. The number of tetrazole rings is 1. The van der Waals surface area contributed by atoms with Crippen molar-refractivity contribution in [1.82, 2.24) is 25.1 Å². The lowest BCUT2D eigenvalue weighted by Gasteiger charge is -2.21. The molecule has 1 aliphatic rings. The summed E-state index contributed by atoms with van der Waals surface area (Å²) < 4.78 is 1.75. The number of rotatable bonds is 4. The summed E-state index contributed by atoms with van der Waals surface area (Å²) in [6.45, 7) is 8.68. The highest BCUT2D eigenvalue weighted by molar-refractivity contribution is 5.51. The van der Waals surface area contributed by atoms with Crippen LogP contribution in [0.2, 0.25) is 0 Å². The Morgan fingerprint density at radius 3 is 2.86 bits per heavy atom. The lowest BCUT2D eigenvalue weighted by Crippen LogP contribution is -2.31. The van der Waals surface area contributed by atoms with Crippen molar-refractivity contribution in [3.8, 4) is 5.69 Å². The molecular formula is C15H22N6. The topological polar surface area (TPSA) is 58.9 Å². The zero-order valence-electron chi connectivity index (χ0n) is 12.8. The van der Waals surface area contributed by atoms with E-state index in [2.05, 4.69) is 51.7 Å². The Kier molecular flexibility index (Phi) is 3.88. The van der Waals surface area contributed by atoms with Crippen LogP contribution < -0.4 is 5.32 Å². The minimum absolute atomic E-state index is 0.512. The predicted molar refractivity (Wildman–Crippen MR) is 82.6 cm³/mol. The molecular weight excluding hydrogens is 264 g/mol. The summed E-state index contributed by atoms with van der Waals surface area (Å²) >= 11 is 0. The maximum Gasteiger partial charge on any atom is 0.153 e. The van der Waals surface area contributed by atoms with E-state index < -0.39 is 0 Å². The van der Waals surface area contributed by atoms with E-state index in [1.165, 1.54) is 13.0 Å². The zero-order chi connectivity index (χ0) is 14.8. The van der Waals surface area contributed by atoms with Crippen molar-refractivity contribution in [2.24, 2.45) is 0 Å². The minimum Gasteiger partial charge on any atom is -0.381 e. The van der Waals surface area contributed by atoms with E-state index >= 15 is 0 Å². The smallest absolute Gasteiger partial charge is 0.153 e. The fourth-order valence-corrected chi connectivity index (χ4v) is 2.81. The van der Waals surface area contributed by atoms with E-state index in [1.807, 2.05) is 19.1 Å². The van der Waals surface area contributed by atoms with Gasteiger partial charge in [0.15, 0.2) is 5.82 Å². The molecule has 3 rings (SSSR count). The number of hydrogen-bond acceptors (Lipinski definition) is 5. The quantitative estimate of drug-likeness (QED) is 0.929. The van der Waals surface area contributed by atoms with Crippen molar-refractivity contribution in [3.63, 3.8) is 0 Å². The van der Waals surface area contributed by atoms with Gasteiger partial charge in [-0.25, -0.2) is 0 Å². The van der Waals surface area contributed by atoms with Gasteiger partial charge in [-0.2, -0.15) is 4.68 Å². The number of aromatic nitrogens is 4. The standard InChI is InChI=1S/C15H22N6/c1-11(2)20-8-7-14(10-20)16-13-5-4-6-15(9-13)21-12(3)17-18-19-21/h4-6,9,11,14,16H,7-8,10H2,1-3H3. The first-order valence-electron chi connectivity index (χ1n) is 7.49. The monoisotopic (exact) mass is 286 g/mol. The van der Waals surface area contributed by atoms with Crippen LogP contribution in [0.4, 0.5) is 5.69 Å². The van der Waals surface area contributed by atoms with Gasteiger partial charge in [-0.05, 0) is 55.8 Å². The summed E-state index contributed by atoms with van der Waals surface area (Å²) in [4.78, 5) is 2.51. The molecule has 2 heterocycles. The third-order valence-electron chi connectivity index (χ3n) is 4.04. The van der Waals surface area contributed by atoms with Gasteiger partial charge in [-0.15, -0.1) is 5.10 Å². The SMILES string of the molecule is Cc1nnnn1-c1cccc(NC2CCN(C(C)C)C2)c1. The first kappa shape index (κ1) is 14.0. The van der Waals surface area contributed by atoms with E-state index in [-0.39, 0.29) is 0 Å². The van der Waals surface area contributed by atoms with Gasteiger partial charge in [0, 0.05) is 30.9 Å². The van der Waals surface area contributed by atoms with Gasteiger partial charge >= 0.3 is 0 Å². The molecule has 2 aromatic rings. The van der Waals surface area contributed by atoms with E-state index in [9.17, 15) is 0 Å². The summed E-state index contributed by atoms with van der Waals surface area (Å²) in [5, 5.41) is 15.3. The van der Waals surface area contributed by atoms with Crippen molar-refractivity contribution >= 4 is 5.69 Å². The number of benzene rings is 1. The van der Waals surface area contributed by atoms with Gasteiger partial charge < -0.3 is 5.32 Å². The molecule has 1 N–H and O–H groups in total. The molecule has 1 atom stereocenters. The molecule has 6 nitrogen and oxygen atoms in total. The molecule has 1 saturated heterocycles. The van der Waals surface area contributed by atoms with Crippen LogP contribution >= 0.6 is 0 Å². The van der Waals surface area contributed by atoms with Gasteiger partial charge in [-0.3, -0.25) is 4.90 Å². The first-order valence-corrected chi connectivity index (χ1v) is 7.49. The predicted octanol–water partition coefficient (Wildman–Crippen LogP) is 1.87. The molecule has 6 heteroatoms. The Bertz CT molecular complexity index is 606. The van der Waals surface area contributed by atoms with Crippen LogP contribution in [-0.2, 0) is 0 Å². The highest BCUT2D eigenvalue weighted by atomic mass is 15.5. The largest absolute Gasteiger partial charge is 0.381 e. The van der Waals surface area contributed by atoms with Gasteiger partial charge in [0.05, 0.1) is 5.69 Å². The summed E-state index contributed by atoms with van der Waals surface area (Å²) in [5.74, 6) is 0.791. The average Bonchev–Trinajstić information content (AvgIpc) is 3.08. The van der Waals surface area contributed by atoms with Gasteiger partial charge in [0.25, 0.3) is 0 Å². The van der Waals surface area contributed by atoms with Crippen LogP contribution in [0.1, 0.15) is 26.1 Å². The molecule has 21 heavy (non-hydrogen) atoms. The Morgan fingerprint density at radius 1 is 1.33 bits per heavy atom. The molecule has 0 bridgehead atoms. The lowest BCUT2D eigenvalue weighted by molar-refractivity contribution is 0.274. The number of anilines is 1. The van der Waals surface area contributed by atoms with Crippen LogP contribution in [0.15, 0.2) is 24.3 Å². The number of aryl methyl sites for hydroxylation is 1. The highest BCUT2D eigenvalue weighted by Crippen LogP contribution is 2.20. The summed E-state index contributed by atoms with van der Waals surface area (Å²) in [6.07, 6.45) is 1.19. The van der Waals surface area contributed by atoms with Gasteiger partial charge in [0.2, 0.25) is 0 Å². The number of nitrogens with zero attached hydrogens (tertiary/aromatic N) is 5. The van der Waals surface area contributed by atoms with E-state index in [0.29, 0.717) is 12.1 Å². The molecule has 0 radical (unpaired) electrons. The zero-order valence-corrected chi connectivity index (χ0v) is 12.8. The van der Waals surface area contributed by atoms with Crippen LogP contribution in [0, 0.1) is 6.92 Å². The van der Waals surface area contributed by atoms with Crippen LogP contribution in [0.25, 0.3) is 5.69 Å². The van der Waals surface area contributed by atoms with E-state index in [4.69, 9.17) is 0 Å². The second-order valence-electron chi connectivity index (χ2n) is 5.91. The third-order valence-corrected chi connectivity index (χ3v) is 4.04. The fraction of sp³-hybridized carbons (Fsp3) is 0.533. The molecule has 1 unspecified atom stereocenters. The van der Waals surface area contributed by atoms with Crippen LogP contribution in [0.5, 0.6) is 0 Å². The Hall–Kier alpha value is -1.95. The van der Waals surface area contributed by atoms with E-state index in [1.54, 1.807) is 4.68 Å². The molecule has 0 saturated carbocycles. The highest BCUT2D eigenvalue weighted by Gasteiger charge is 2.23. The van der Waals surface area contributed by atoms with Crippen LogP contribution in [-0.4, -0.2) is 50.3 Å². The summed E-state index contributed by atoms with van der Waals surface area (Å²) in [5.41, 5.74) is 2.11. The summed E-state index contributed by atoms with van der Waals surface area (Å²) in [7, 11) is 0. The molecule has 112 valence electrons. The second kappa shape index (κ2) is 5.81. The first-order chi connectivity index (χ1) is 10.1. The molecule has 0 aliphatic carbocycles. The third kappa shape index (κ3) is 3.05. The van der Waals surface area contributed by atoms with Crippen molar-refractivity contribution in [2.45, 2.75) is 39.3 Å². The minimum atomic E-state index is 0.512. The van der Waals surface area contributed by atoms with Crippen molar-refractivity contribution in [3.05, 3.63) is 30.1 Å². The van der Waals surface area contributed by atoms with E-state index in [0.717, 1.165) is 23.7 Å². The van der Waals surface area contributed by atoms with Gasteiger partial charge in [-0.1, -0.05) is 6.07 Å². The maximum absolute atomic E-state index is 4.01. The average molecular weight is 286 g/mol. The Morgan fingerprint density at radius 2 is 2.19 bits per heavy atom. The number of nitrogens with one attached hydrogen (secondary N) is 1. The number of hydrogen-bond donors (Lipinski definition) is 1. The lowest BCUT2D eigenvalue weighted by atomic mass is 10.2. The molecule has 1 aromatic heterocycles. The van der Waals surface area contributed by atoms with Crippen molar-refractivity contribution in [2.75, 3.05) is 18.4 Å². The second-order valence-corrected chi connectivity index (χ2v) is 5.91. The molecule has 1 aliphatic heterocycles. The van der Waals surface area contributed by atoms with Crippen LogP contribution in [0.3, 0.4) is 0 Å². The summed E-state index contributed by atoms with van der Waals surface area (Å²) in [6, 6.07) is 9.38. The van der Waals surface area contributed by atoms with Gasteiger partial charge in [0.1, 0.15) is 0 Å². The normalized spacial score (nSPS) is 19.3. The maximum atomic E-state index is 4.01. The Balaban J connectivity index is 1.71. The van der Waals surface area contributed by atoms with Crippen molar-refractivity contribution < 1.29 is 0 Å².